The molecule has 2 nitrogen and oxygen atoms in total. The molecule has 0 bridgehead atoms. The van der Waals surface area contributed by atoms with Crippen molar-refractivity contribution in [3.05, 3.63) is 50.9 Å². The molecule has 0 aliphatic rings. The Morgan fingerprint density at radius 2 is 2.12 bits per heavy atom. The Labute approximate surface area is 107 Å². The van der Waals surface area contributed by atoms with Crippen molar-refractivity contribution < 1.29 is 13.9 Å². The third-order valence-corrected chi connectivity index (χ3v) is 3.45. The Morgan fingerprint density at radius 3 is 2.65 bits per heavy atom. The number of methoxy groups -OCH3 is 1. The zero-order chi connectivity index (χ0) is 12.4. The van der Waals surface area contributed by atoms with Crippen LogP contribution in [0.15, 0.2) is 30.3 Å². The molecule has 1 aromatic carbocycles. The van der Waals surface area contributed by atoms with Crippen LogP contribution in [-0.2, 0) is 0 Å². The SMILES string of the molecule is COc1ccc(C(=O)c2ccc(Cl)s2)c(F)c1. The number of thiophene rings is 1. The van der Waals surface area contributed by atoms with E-state index in [0.29, 0.717) is 15.0 Å². The fraction of sp³-hybridized carbons (Fsp3) is 0.0833. The van der Waals surface area contributed by atoms with E-state index in [0.717, 1.165) is 11.3 Å². The minimum absolute atomic E-state index is 0.0179. The average Bonchev–Trinajstić information content (AvgIpc) is 2.75. The Bertz CT molecular complexity index is 565. The minimum Gasteiger partial charge on any atom is -0.497 e. The molecule has 1 heterocycles. The number of carbonyl (C=O) groups is 1. The first-order chi connectivity index (χ1) is 8.11. The van der Waals surface area contributed by atoms with E-state index in [-0.39, 0.29) is 11.3 Å². The molecule has 2 aromatic rings. The molecule has 0 fully saturated rings. The Hall–Kier alpha value is -1.39. The van der Waals surface area contributed by atoms with Crippen molar-refractivity contribution in [3.63, 3.8) is 0 Å². The molecule has 0 aliphatic heterocycles. The monoisotopic (exact) mass is 270 g/mol. The van der Waals surface area contributed by atoms with Gasteiger partial charge in [-0.3, -0.25) is 4.79 Å². The summed E-state index contributed by atoms with van der Waals surface area (Å²) in [6, 6.07) is 7.33. The van der Waals surface area contributed by atoms with Gasteiger partial charge in [0, 0.05) is 6.07 Å². The summed E-state index contributed by atoms with van der Waals surface area (Å²) < 4.78 is 19.0. The fourth-order valence-electron chi connectivity index (χ4n) is 1.38. The molecule has 1 aromatic heterocycles. The van der Waals surface area contributed by atoms with Crippen LogP contribution in [0.4, 0.5) is 4.39 Å². The lowest BCUT2D eigenvalue weighted by Gasteiger charge is -2.03. The van der Waals surface area contributed by atoms with Gasteiger partial charge in [0.15, 0.2) is 0 Å². The van der Waals surface area contributed by atoms with Gasteiger partial charge < -0.3 is 4.74 Å². The van der Waals surface area contributed by atoms with Gasteiger partial charge in [0.1, 0.15) is 11.6 Å². The van der Waals surface area contributed by atoms with Crippen molar-refractivity contribution >= 4 is 28.7 Å². The number of hydrogen-bond donors (Lipinski definition) is 0. The maximum absolute atomic E-state index is 13.7. The molecule has 0 atom stereocenters. The molecule has 0 N–H and O–H groups in total. The van der Waals surface area contributed by atoms with E-state index in [4.69, 9.17) is 16.3 Å². The highest BCUT2D eigenvalue weighted by atomic mass is 35.5. The summed E-state index contributed by atoms with van der Waals surface area (Å²) >= 11 is 6.86. The maximum Gasteiger partial charge on any atom is 0.205 e. The smallest absolute Gasteiger partial charge is 0.205 e. The fourth-order valence-corrected chi connectivity index (χ4v) is 2.37. The van der Waals surface area contributed by atoms with Crippen molar-refractivity contribution in [2.45, 2.75) is 0 Å². The van der Waals surface area contributed by atoms with Crippen LogP contribution < -0.4 is 4.74 Å². The summed E-state index contributed by atoms with van der Waals surface area (Å²) in [5.74, 6) is -0.593. The van der Waals surface area contributed by atoms with Gasteiger partial charge in [0.25, 0.3) is 0 Å². The van der Waals surface area contributed by atoms with E-state index in [2.05, 4.69) is 0 Å². The summed E-state index contributed by atoms with van der Waals surface area (Å²) in [5, 5.41) is 0. The summed E-state index contributed by atoms with van der Waals surface area (Å²) in [6.45, 7) is 0. The van der Waals surface area contributed by atoms with Gasteiger partial charge >= 0.3 is 0 Å². The molecule has 17 heavy (non-hydrogen) atoms. The molecule has 0 radical (unpaired) electrons. The van der Waals surface area contributed by atoms with Crippen molar-refractivity contribution in [1.82, 2.24) is 0 Å². The third kappa shape index (κ3) is 2.48. The molecular weight excluding hydrogens is 263 g/mol. The van der Waals surface area contributed by atoms with Crippen LogP contribution >= 0.6 is 22.9 Å². The molecule has 2 rings (SSSR count). The standard InChI is InChI=1S/C12H8ClFO2S/c1-16-7-2-3-8(9(14)6-7)12(15)10-4-5-11(13)17-10/h2-6H,1H3. The number of benzene rings is 1. The van der Waals surface area contributed by atoms with E-state index in [9.17, 15) is 9.18 Å². The molecule has 0 saturated carbocycles. The van der Waals surface area contributed by atoms with Gasteiger partial charge in [0.05, 0.1) is 21.9 Å². The van der Waals surface area contributed by atoms with Gasteiger partial charge in [-0.25, -0.2) is 4.39 Å². The summed E-state index contributed by atoms with van der Waals surface area (Å²) in [6.07, 6.45) is 0. The van der Waals surface area contributed by atoms with Gasteiger partial charge in [-0.15, -0.1) is 11.3 Å². The zero-order valence-corrected chi connectivity index (χ0v) is 10.4. The van der Waals surface area contributed by atoms with Crippen LogP contribution in [0.1, 0.15) is 15.2 Å². The van der Waals surface area contributed by atoms with Crippen molar-refractivity contribution in [1.29, 1.82) is 0 Å². The first kappa shape index (κ1) is 12.1. The first-order valence-corrected chi connectivity index (χ1v) is 5.95. The number of rotatable bonds is 3. The van der Waals surface area contributed by atoms with E-state index in [1.165, 1.54) is 19.2 Å². The highest BCUT2D eigenvalue weighted by Crippen LogP contribution is 2.26. The zero-order valence-electron chi connectivity index (χ0n) is 8.87. The highest BCUT2D eigenvalue weighted by Gasteiger charge is 2.16. The molecule has 5 heteroatoms. The van der Waals surface area contributed by atoms with Crippen LogP contribution in [0.25, 0.3) is 0 Å². The van der Waals surface area contributed by atoms with Crippen LogP contribution in [-0.4, -0.2) is 12.9 Å². The molecule has 88 valence electrons. The normalized spacial score (nSPS) is 10.3. The van der Waals surface area contributed by atoms with Gasteiger partial charge in [-0.2, -0.15) is 0 Å². The van der Waals surface area contributed by atoms with Crippen LogP contribution in [0.2, 0.25) is 4.34 Å². The molecule has 0 amide bonds. The van der Waals surface area contributed by atoms with Gasteiger partial charge in [-0.05, 0) is 24.3 Å². The molecule has 0 aliphatic carbocycles. The Kier molecular flexibility index (Phi) is 3.45. The van der Waals surface area contributed by atoms with E-state index in [1.807, 2.05) is 0 Å². The second kappa shape index (κ2) is 4.85. The second-order valence-electron chi connectivity index (χ2n) is 3.28. The first-order valence-electron chi connectivity index (χ1n) is 4.75. The topological polar surface area (TPSA) is 26.3 Å². The molecule has 0 spiro atoms. The van der Waals surface area contributed by atoms with Gasteiger partial charge in [0.2, 0.25) is 5.78 Å². The van der Waals surface area contributed by atoms with Crippen LogP contribution in [0, 0.1) is 5.82 Å². The predicted octanol–water partition coefficient (Wildman–Crippen LogP) is 3.78. The number of halogens is 2. The number of ether oxygens (including phenoxy) is 1. The van der Waals surface area contributed by atoms with Crippen molar-refractivity contribution in [2.75, 3.05) is 7.11 Å². The second-order valence-corrected chi connectivity index (χ2v) is 4.99. The van der Waals surface area contributed by atoms with Crippen molar-refractivity contribution in [3.8, 4) is 5.75 Å². The van der Waals surface area contributed by atoms with Crippen LogP contribution in [0.3, 0.4) is 0 Å². The molecule has 0 saturated heterocycles. The summed E-state index contributed by atoms with van der Waals surface area (Å²) in [7, 11) is 1.44. The summed E-state index contributed by atoms with van der Waals surface area (Å²) in [4.78, 5) is 12.4. The van der Waals surface area contributed by atoms with E-state index in [1.54, 1.807) is 18.2 Å². The maximum atomic E-state index is 13.7. The van der Waals surface area contributed by atoms with Crippen LogP contribution in [0.5, 0.6) is 5.75 Å². The predicted molar refractivity (Wildman–Crippen MR) is 65.7 cm³/mol. The average molecular weight is 271 g/mol. The number of carbonyl (C=O) groups excluding carboxylic acids is 1. The summed E-state index contributed by atoms with van der Waals surface area (Å²) in [5.41, 5.74) is 0.0179. The third-order valence-electron chi connectivity index (χ3n) is 2.22. The number of hydrogen-bond acceptors (Lipinski definition) is 3. The Balaban J connectivity index is 2.37. The van der Waals surface area contributed by atoms with Crippen molar-refractivity contribution in [2.24, 2.45) is 0 Å². The van der Waals surface area contributed by atoms with E-state index < -0.39 is 5.82 Å². The lowest BCUT2D eigenvalue weighted by molar-refractivity contribution is 0.103. The largest absolute Gasteiger partial charge is 0.497 e. The lowest BCUT2D eigenvalue weighted by Crippen LogP contribution is -2.02. The minimum atomic E-state index is -0.598. The Morgan fingerprint density at radius 1 is 1.35 bits per heavy atom. The van der Waals surface area contributed by atoms with E-state index >= 15 is 0 Å². The highest BCUT2D eigenvalue weighted by molar-refractivity contribution is 7.18. The molecular formula is C12H8ClFO2S. The molecule has 0 unspecified atom stereocenters. The quantitative estimate of drug-likeness (QED) is 0.794. The van der Waals surface area contributed by atoms with Gasteiger partial charge in [-0.1, -0.05) is 11.6 Å². The lowest BCUT2D eigenvalue weighted by atomic mass is 10.1. The number of ketones is 1.